The SMILES string of the molecule is Nc1ccc2c(C(O)(C(F)(F)F)C(F)(F)F)cc(C(O)(C(F)(F)F)C(F)(F)F)c(N)c2c1C(O)(C(F)(F)F)C(F)(F)F. The summed E-state index contributed by atoms with van der Waals surface area (Å²) in [5, 5.41) is 23.9. The molecule has 7 N–H and O–H groups in total. The molecule has 23 heteroatoms. The van der Waals surface area contributed by atoms with E-state index in [0.717, 1.165) is 0 Å². The van der Waals surface area contributed by atoms with Crippen LogP contribution in [-0.2, 0) is 16.8 Å². The Morgan fingerprint density at radius 3 is 1.07 bits per heavy atom. The van der Waals surface area contributed by atoms with Crippen LogP contribution < -0.4 is 11.5 Å². The molecule has 2 aromatic carbocycles. The third-order valence-electron chi connectivity index (χ3n) is 5.98. The molecule has 0 atom stereocenters. The fourth-order valence-electron chi connectivity index (χ4n) is 3.92. The van der Waals surface area contributed by atoms with Crippen molar-refractivity contribution in [1.29, 1.82) is 0 Å². The topological polar surface area (TPSA) is 113 Å². The summed E-state index contributed by atoms with van der Waals surface area (Å²) >= 11 is 0. The number of nitrogen functional groups attached to an aromatic ring is 2. The standard InChI is InChI=1S/C19H10F18N2O3/c20-14(21,22)11(40,15(23,24)25)5-3-6(12(41,16(26,27)28)17(29,30)31)10(39)8-4(5)1-2-7(38)9(8)13(42,18(32,33)34)19(35,36)37/h1-3,40-42H,38-39H2. The maximum Gasteiger partial charge on any atom is 0.430 e. The second-order valence-corrected chi connectivity index (χ2v) is 8.46. The van der Waals surface area contributed by atoms with Gasteiger partial charge < -0.3 is 26.8 Å². The second kappa shape index (κ2) is 9.21. The molecule has 0 aliphatic rings. The van der Waals surface area contributed by atoms with Gasteiger partial charge in [-0.25, -0.2) is 0 Å². The molecule has 0 spiro atoms. The molecule has 240 valence electrons. The minimum absolute atomic E-state index is 0.352. The van der Waals surface area contributed by atoms with E-state index in [2.05, 4.69) is 0 Å². The van der Waals surface area contributed by atoms with E-state index >= 15 is 0 Å². The Hall–Kier alpha value is -3.08. The predicted octanol–water partition coefficient (Wildman–Crippen LogP) is 5.94. The van der Waals surface area contributed by atoms with E-state index in [1.54, 1.807) is 0 Å². The summed E-state index contributed by atoms with van der Waals surface area (Å²) in [6.45, 7) is 0. The lowest BCUT2D eigenvalue weighted by molar-refractivity contribution is -0.378. The minimum Gasteiger partial charge on any atom is -0.398 e. The van der Waals surface area contributed by atoms with Crippen molar-refractivity contribution in [1.82, 2.24) is 0 Å². The molecule has 0 aliphatic heterocycles. The molecule has 2 aromatic rings. The van der Waals surface area contributed by atoms with Gasteiger partial charge in [-0.05, 0) is 17.5 Å². The number of nitrogens with two attached hydrogens (primary N) is 2. The Bertz CT molecular complexity index is 1320. The fourth-order valence-corrected chi connectivity index (χ4v) is 3.92. The number of aliphatic hydroxyl groups is 3. The summed E-state index contributed by atoms with van der Waals surface area (Å²) in [4.78, 5) is 0. The Morgan fingerprint density at radius 1 is 0.452 bits per heavy atom. The highest BCUT2D eigenvalue weighted by molar-refractivity contribution is 6.03. The number of fused-ring (bicyclic) bond motifs is 1. The summed E-state index contributed by atoms with van der Waals surface area (Å²) in [6.07, 6.45) is -43.4. The Kier molecular flexibility index (Phi) is 7.70. The molecule has 0 fully saturated rings. The highest BCUT2D eigenvalue weighted by atomic mass is 19.4. The van der Waals surface area contributed by atoms with Gasteiger partial charge in [-0.1, -0.05) is 6.07 Å². The number of hydrogen-bond donors (Lipinski definition) is 5. The fraction of sp³-hybridized carbons (Fsp3) is 0.474. The summed E-state index contributed by atoms with van der Waals surface area (Å²) in [6, 6.07) is -2.23. The maximum absolute atomic E-state index is 13.7. The molecule has 0 saturated heterocycles. The molecule has 0 bridgehead atoms. The van der Waals surface area contributed by atoms with Crippen molar-refractivity contribution in [3.05, 3.63) is 34.9 Å². The van der Waals surface area contributed by atoms with Gasteiger partial charge in [-0.15, -0.1) is 0 Å². The lowest BCUT2D eigenvalue weighted by atomic mass is 9.77. The van der Waals surface area contributed by atoms with Crippen molar-refractivity contribution in [3.8, 4) is 0 Å². The number of anilines is 2. The van der Waals surface area contributed by atoms with Crippen molar-refractivity contribution < 1.29 is 94.3 Å². The molecular formula is C19H10F18N2O3. The van der Waals surface area contributed by atoms with Gasteiger partial charge in [0.25, 0.3) is 16.8 Å². The van der Waals surface area contributed by atoms with E-state index in [1.807, 2.05) is 0 Å². The van der Waals surface area contributed by atoms with Crippen LogP contribution in [0.15, 0.2) is 18.2 Å². The van der Waals surface area contributed by atoms with E-state index in [4.69, 9.17) is 11.5 Å². The van der Waals surface area contributed by atoms with E-state index in [-0.39, 0.29) is 12.1 Å². The first-order valence-corrected chi connectivity index (χ1v) is 9.89. The second-order valence-electron chi connectivity index (χ2n) is 8.46. The van der Waals surface area contributed by atoms with Crippen molar-refractivity contribution in [2.45, 2.75) is 53.9 Å². The first-order valence-electron chi connectivity index (χ1n) is 9.89. The van der Waals surface area contributed by atoms with Crippen LogP contribution in [0.25, 0.3) is 10.8 Å². The number of halogens is 18. The van der Waals surface area contributed by atoms with Gasteiger partial charge in [0.2, 0.25) is 0 Å². The summed E-state index contributed by atoms with van der Waals surface area (Å²) < 4.78 is 245. The Balaban J connectivity index is 3.64. The minimum atomic E-state index is -7.27. The van der Waals surface area contributed by atoms with Crippen LogP contribution in [0.3, 0.4) is 0 Å². The first-order chi connectivity index (χ1) is 18.2. The van der Waals surface area contributed by atoms with Crippen LogP contribution in [0.2, 0.25) is 0 Å². The van der Waals surface area contributed by atoms with Gasteiger partial charge in [0.15, 0.2) is 0 Å². The van der Waals surface area contributed by atoms with Crippen molar-refractivity contribution >= 4 is 22.1 Å². The van der Waals surface area contributed by atoms with E-state index in [0.29, 0.717) is 0 Å². The highest BCUT2D eigenvalue weighted by Crippen LogP contribution is 2.60. The quantitative estimate of drug-likeness (QED) is 0.208. The number of rotatable bonds is 3. The van der Waals surface area contributed by atoms with Crippen molar-refractivity contribution in [2.75, 3.05) is 11.5 Å². The average molecular weight is 656 g/mol. The van der Waals surface area contributed by atoms with Gasteiger partial charge >= 0.3 is 37.1 Å². The third kappa shape index (κ3) is 4.59. The molecule has 0 radical (unpaired) electrons. The molecule has 0 unspecified atom stereocenters. The van der Waals surface area contributed by atoms with E-state index in [9.17, 15) is 94.3 Å². The monoisotopic (exact) mass is 656 g/mol. The largest absolute Gasteiger partial charge is 0.430 e. The van der Waals surface area contributed by atoms with Crippen LogP contribution in [-0.4, -0.2) is 52.4 Å². The molecule has 0 heterocycles. The first kappa shape index (κ1) is 35.1. The summed E-state index contributed by atoms with van der Waals surface area (Å²) in [5.41, 5.74) is -24.9. The molecular weight excluding hydrogens is 646 g/mol. The van der Waals surface area contributed by atoms with Gasteiger partial charge in [0.1, 0.15) is 0 Å². The molecule has 0 aliphatic carbocycles. The van der Waals surface area contributed by atoms with E-state index in [1.165, 1.54) is 0 Å². The van der Waals surface area contributed by atoms with Crippen LogP contribution in [0, 0.1) is 0 Å². The van der Waals surface area contributed by atoms with Gasteiger partial charge in [-0.2, -0.15) is 79.0 Å². The zero-order chi connectivity index (χ0) is 33.7. The molecule has 0 amide bonds. The highest BCUT2D eigenvalue weighted by Gasteiger charge is 2.76. The lowest BCUT2D eigenvalue weighted by Gasteiger charge is -2.39. The van der Waals surface area contributed by atoms with Crippen LogP contribution in [0.4, 0.5) is 90.4 Å². The Labute approximate surface area is 217 Å². The van der Waals surface area contributed by atoms with Crippen LogP contribution >= 0.6 is 0 Å². The molecule has 0 saturated carbocycles. The molecule has 5 nitrogen and oxygen atoms in total. The normalized spacial score (nSPS) is 15.5. The lowest BCUT2D eigenvalue weighted by Crippen LogP contribution is -2.56. The zero-order valence-electron chi connectivity index (χ0n) is 19.0. The predicted molar refractivity (Wildman–Crippen MR) is 101 cm³/mol. The molecule has 42 heavy (non-hydrogen) atoms. The van der Waals surface area contributed by atoms with Crippen molar-refractivity contribution in [3.63, 3.8) is 0 Å². The van der Waals surface area contributed by atoms with E-state index < -0.39 is 98.8 Å². The van der Waals surface area contributed by atoms with Crippen LogP contribution in [0.5, 0.6) is 0 Å². The average Bonchev–Trinajstić information content (AvgIpc) is 2.73. The Morgan fingerprint density at radius 2 is 0.762 bits per heavy atom. The number of benzene rings is 2. The smallest absolute Gasteiger partial charge is 0.398 e. The third-order valence-corrected chi connectivity index (χ3v) is 5.98. The van der Waals surface area contributed by atoms with Gasteiger partial charge in [0, 0.05) is 33.5 Å². The summed E-state index contributed by atoms with van der Waals surface area (Å²) in [5.74, 6) is 0. The number of alkyl halides is 18. The molecule has 2 rings (SSSR count). The maximum atomic E-state index is 13.7. The van der Waals surface area contributed by atoms with Crippen molar-refractivity contribution in [2.24, 2.45) is 0 Å². The van der Waals surface area contributed by atoms with Crippen LogP contribution in [0.1, 0.15) is 16.7 Å². The van der Waals surface area contributed by atoms with Gasteiger partial charge in [0.05, 0.1) is 0 Å². The van der Waals surface area contributed by atoms with Gasteiger partial charge in [-0.3, -0.25) is 0 Å². The summed E-state index contributed by atoms with van der Waals surface area (Å²) in [7, 11) is 0. The zero-order valence-corrected chi connectivity index (χ0v) is 19.0. The number of hydrogen-bond acceptors (Lipinski definition) is 5. The molecule has 0 aromatic heterocycles.